The molecule has 0 aliphatic heterocycles. The monoisotopic (exact) mass is 217 g/mol. The fourth-order valence-corrected chi connectivity index (χ4v) is 1.41. The number of esters is 1. The summed E-state index contributed by atoms with van der Waals surface area (Å²) in [7, 11) is 1.69. The lowest BCUT2D eigenvalue weighted by molar-refractivity contribution is -0.144. The summed E-state index contributed by atoms with van der Waals surface area (Å²) in [6.45, 7) is 7.34. The average Bonchev–Trinajstić information content (AvgIpc) is 2.18. The second-order valence-corrected chi connectivity index (χ2v) is 3.43. The van der Waals surface area contributed by atoms with Gasteiger partial charge in [-0.2, -0.15) is 0 Å². The molecule has 0 atom stereocenters. The van der Waals surface area contributed by atoms with Crippen LogP contribution in [-0.4, -0.2) is 50.8 Å². The number of rotatable bonds is 9. The minimum Gasteiger partial charge on any atom is -0.465 e. The van der Waals surface area contributed by atoms with Crippen LogP contribution in [0.25, 0.3) is 0 Å². The average molecular weight is 217 g/mol. The standard InChI is InChI=1S/C11H23NO3/c1-4-7-12(8-6-9-14-3)10-11(13)15-5-2/h4-10H2,1-3H3. The highest BCUT2D eigenvalue weighted by atomic mass is 16.5. The van der Waals surface area contributed by atoms with Crippen molar-refractivity contribution in [1.82, 2.24) is 4.90 Å². The molecule has 0 unspecified atom stereocenters. The van der Waals surface area contributed by atoms with E-state index in [1.807, 2.05) is 6.92 Å². The van der Waals surface area contributed by atoms with Crippen LogP contribution in [0.1, 0.15) is 26.7 Å². The Morgan fingerprint density at radius 1 is 1.27 bits per heavy atom. The van der Waals surface area contributed by atoms with Gasteiger partial charge in [0.25, 0.3) is 0 Å². The third-order valence-corrected chi connectivity index (χ3v) is 2.02. The second kappa shape index (κ2) is 9.93. The first kappa shape index (κ1) is 14.4. The Morgan fingerprint density at radius 2 is 2.00 bits per heavy atom. The second-order valence-electron chi connectivity index (χ2n) is 3.43. The number of nitrogens with zero attached hydrogens (tertiary/aromatic N) is 1. The molecular formula is C11H23NO3. The van der Waals surface area contributed by atoms with E-state index in [0.717, 1.165) is 32.5 Å². The van der Waals surface area contributed by atoms with Gasteiger partial charge < -0.3 is 9.47 Å². The molecule has 0 fully saturated rings. The van der Waals surface area contributed by atoms with Crippen molar-refractivity contribution < 1.29 is 14.3 Å². The molecule has 0 bridgehead atoms. The van der Waals surface area contributed by atoms with Crippen molar-refractivity contribution in [3.8, 4) is 0 Å². The Bertz CT molecular complexity index is 162. The predicted octanol–water partition coefficient (Wildman–Crippen LogP) is 1.30. The highest BCUT2D eigenvalue weighted by molar-refractivity contribution is 5.71. The molecule has 0 heterocycles. The van der Waals surface area contributed by atoms with Crippen LogP contribution in [0.2, 0.25) is 0 Å². The van der Waals surface area contributed by atoms with Crippen LogP contribution in [0.15, 0.2) is 0 Å². The van der Waals surface area contributed by atoms with E-state index in [-0.39, 0.29) is 5.97 Å². The summed E-state index contributed by atoms with van der Waals surface area (Å²) in [6, 6.07) is 0. The zero-order chi connectivity index (χ0) is 11.5. The van der Waals surface area contributed by atoms with Crippen molar-refractivity contribution in [2.24, 2.45) is 0 Å². The van der Waals surface area contributed by atoms with Crippen LogP contribution in [0.4, 0.5) is 0 Å². The zero-order valence-corrected chi connectivity index (χ0v) is 10.1. The van der Waals surface area contributed by atoms with Crippen molar-refractivity contribution in [3.63, 3.8) is 0 Å². The Morgan fingerprint density at radius 3 is 2.53 bits per heavy atom. The largest absolute Gasteiger partial charge is 0.465 e. The topological polar surface area (TPSA) is 38.8 Å². The van der Waals surface area contributed by atoms with Gasteiger partial charge in [0, 0.05) is 20.3 Å². The molecule has 0 aliphatic rings. The minimum absolute atomic E-state index is 0.136. The van der Waals surface area contributed by atoms with Gasteiger partial charge in [0.05, 0.1) is 13.2 Å². The molecule has 0 radical (unpaired) electrons. The van der Waals surface area contributed by atoms with Gasteiger partial charge in [-0.1, -0.05) is 6.92 Å². The Labute approximate surface area is 92.5 Å². The van der Waals surface area contributed by atoms with Crippen LogP contribution in [-0.2, 0) is 14.3 Å². The molecule has 0 spiro atoms. The number of hydrogen-bond acceptors (Lipinski definition) is 4. The smallest absolute Gasteiger partial charge is 0.320 e. The van der Waals surface area contributed by atoms with Crippen molar-refractivity contribution in [2.45, 2.75) is 26.7 Å². The van der Waals surface area contributed by atoms with Crippen LogP contribution in [0, 0.1) is 0 Å². The normalized spacial score (nSPS) is 10.7. The lowest BCUT2D eigenvalue weighted by atomic mass is 10.3. The van der Waals surface area contributed by atoms with Gasteiger partial charge in [0.2, 0.25) is 0 Å². The Balaban J connectivity index is 3.75. The van der Waals surface area contributed by atoms with E-state index in [0.29, 0.717) is 13.2 Å². The lowest BCUT2D eigenvalue weighted by Gasteiger charge is -2.20. The molecule has 0 rings (SSSR count). The van der Waals surface area contributed by atoms with E-state index < -0.39 is 0 Å². The first-order valence-corrected chi connectivity index (χ1v) is 5.61. The molecule has 0 aliphatic carbocycles. The van der Waals surface area contributed by atoms with Crippen molar-refractivity contribution in [3.05, 3.63) is 0 Å². The Kier molecular flexibility index (Phi) is 9.52. The molecule has 90 valence electrons. The van der Waals surface area contributed by atoms with E-state index in [9.17, 15) is 4.79 Å². The molecule has 0 saturated heterocycles. The van der Waals surface area contributed by atoms with Gasteiger partial charge in [0.1, 0.15) is 0 Å². The highest BCUT2D eigenvalue weighted by Crippen LogP contribution is 1.95. The van der Waals surface area contributed by atoms with Gasteiger partial charge >= 0.3 is 5.97 Å². The molecule has 4 heteroatoms. The molecule has 0 aromatic carbocycles. The number of carbonyl (C=O) groups excluding carboxylic acids is 1. The van der Waals surface area contributed by atoms with Crippen molar-refractivity contribution in [1.29, 1.82) is 0 Å². The molecule has 0 N–H and O–H groups in total. The zero-order valence-electron chi connectivity index (χ0n) is 10.1. The van der Waals surface area contributed by atoms with Crippen molar-refractivity contribution >= 4 is 5.97 Å². The van der Waals surface area contributed by atoms with Crippen LogP contribution < -0.4 is 0 Å². The summed E-state index contributed by atoms with van der Waals surface area (Å²) < 4.78 is 9.89. The number of carbonyl (C=O) groups is 1. The lowest BCUT2D eigenvalue weighted by Crippen LogP contribution is -2.33. The number of hydrogen-bond donors (Lipinski definition) is 0. The molecule has 0 amide bonds. The fourth-order valence-electron chi connectivity index (χ4n) is 1.41. The van der Waals surface area contributed by atoms with Crippen LogP contribution in [0.3, 0.4) is 0 Å². The summed E-state index contributed by atoms with van der Waals surface area (Å²) >= 11 is 0. The van der Waals surface area contributed by atoms with Gasteiger partial charge in [-0.25, -0.2) is 0 Å². The fraction of sp³-hybridized carbons (Fsp3) is 0.909. The predicted molar refractivity (Wildman–Crippen MR) is 59.9 cm³/mol. The first-order chi connectivity index (χ1) is 7.24. The quantitative estimate of drug-likeness (QED) is 0.431. The molecular weight excluding hydrogens is 194 g/mol. The number of methoxy groups -OCH3 is 1. The Hall–Kier alpha value is -0.610. The molecule has 0 saturated carbocycles. The molecule has 15 heavy (non-hydrogen) atoms. The summed E-state index contributed by atoms with van der Waals surface area (Å²) in [5.74, 6) is -0.136. The molecule has 0 aromatic rings. The maximum Gasteiger partial charge on any atom is 0.320 e. The summed E-state index contributed by atoms with van der Waals surface area (Å²) in [4.78, 5) is 13.4. The molecule has 4 nitrogen and oxygen atoms in total. The maximum atomic E-state index is 11.3. The van der Waals surface area contributed by atoms with E-state index in [2.05, 4.69) is 11.8 Å². The molecule has 0 aromatic heterocycles. The van der Waals surface area contributed by atoms with E-state index in [1.54, 1.807) is 7.11 Å². The first-order valence-electron chi connectivity index (χ1n) is 5.61. The SMILES string of the molecule is CCCN(CCCOC)CC(=O)OCC. The maximum absolute atomic E-state index is 11.3. The third-order valence-electron chi connectivity index (χ3n) is 2.02. The summed E-state index contributed by atoms with van der Waals surface area (Å²) in [5, 5.41) is 0. The van der Waals surface area contributed by atoms with Gasteiger partial charge in [0.15, 0.2) is 0 Å². The van der Waals surface area contributed by atoms with Crippen molar-refractivity contribution in [2.75, 3.05) is 40.0 Å². The summed E-state index contributed by atoms with van der Waals surface area (Å²) in [6.07, 6.45) is 2.00. The van der Waals surface area contributed by atoms with E-state index in [1.165, 1.54) is 0 Å². The minimum atomic E-state index is -0.136. The highest BCUT2D eigenvalue weighted by Gasteiger charge is 2.09. The summed E-state index contributed by atoms with van der Waals surface area (Å²) in [5.41, 5.74) is 0. The van der Waals surface area contributed by atoms with E-state index >= 15 is 0 Å². The van der Waals surface area contributed by atoms with Crippen LogP contribution >= 0.6 is 0 Å². The van der Waals surface area contributed by atoms with Gasteiger partial charge in [-0.05, 0) is 26.3 Å². The third kappa shape index (κ3) is 8.39. The number of ether oxygens (including phenoxy) is 2. The van der Waals surface area contributed by atoms with E-state index in [4.69, 9.17) is 9.47 Å². The van der Waals surface area contributed by atoms with Gasteiger partial charge in [-0.15, -0.1) is 0 Å². The van der Waals surface area contributed by atoms with Crippen LogP contribution in [0.5, 0.6) is 0 Å². The van der Waals surface area contributed by atoms with Gasteiger partial charge in [-0.3, -0.25) is 9.69 Å².